The van der Waals surface area contributed by atoms with Gasteiger partial charge in [-0.2, -0.15) is 0 Å². The van der Waals surface area contributed by atoms with E-state index in [0.717, 1.165) is 24.3 Å². The van der Waals surface area contributed by atoms with E-state index >= 15 is 0 Å². The van der Waals surface area contributed by atoms with Crippen LogP contribution in [0.3, 0.4) is 0 Å². The van der Waals surface area contributed by atoms with Gasteiger partial charge in [0.05, 0.1) is 6.10 Å². The van der Waals surface area contributed by atoms with Crippen LogP contribution in [0.2, 0.25) is 0 Å². The fourth-order valence-electron chi connectivity index (χ4n) is 4.87. The van der Waals surface area contributed by atoms with E-state index in [4.69, 9.17) is 0 Å². The third kappa shape index (κ3) is 2.46. The highest BCUT2D eigenvalue weighted by atomic mass is 16.3. The fourth-order valence-corrected chi connectivity index (χ4v) is 4.87. The Labute approximate surface area is 112 Å². The van der Waals surface area contributed by atoms with Crippen molar-refractivity contribution in [1.82, 2.24) is 5.32 Å². The molecule has 1 aliphatic heterocycles. The number of nitrogens with one attached hydrogen (secondary N) is 1. The molecule has 0 amide bonds. The van der Waals surface area contributed by atoms with Crippen molar-refractivity contribution in [1.29, 1.82) is 0 Å². The van der Waals surface area contributed by atoms with E-state index in [9.17, 15) is 5.11 Å². The maximum absolute atomic E-state index is 10.3. The second kappa shape index (κ2) is 5.50. The van der Waals surface area contributed by atoms with Crippen LogP contribution in [-0.4, -0.2) is 23.3 Å². The van der Waals surface area contributed by atoms with Gasteiger partial charge in [0.25, 0.3) is 0 Å². The zero-order chi connectivity index (χ0) is 12.5. The number of fused-ring (bicyclic) bond motifs is 1. The van der Waals surface area contributed by atoms with E-state index in [1.54, 1.807) is 0 Å². The number of hydrogen-bond acceptors (Lipinski definition) is 2. The van der Waals surface area contributed by atoms with E-state index in [0.29, 0.717) is 12.0 Å². The number of aliphatic hydroxyl groups excluding tert-OH is 1. The van der Waals surface area contributed by atoms with Crippen molar-refractivity contribution in [2.24, 2.45) is 17.8 Å². The molecule has 6 unspecified atom stereocenters. The molecule has 2 nitrogen and oxygen atoms in total. The first-order valence-corrected chi connectivity index (χ1v) is 8.20. The molecule has 2 N–H and O–H groups in total. The van der Waals surface area contributed by atoms with Gasteiger partial charge in [-0.25, -0.2) is 0 Å². The lowest BCUT2D eigenvalue weighted by atomic mass is 9.68. The average Bonchev–Trinajstić information content (AvgIpc) is 2.39. The monoisotopic (exact) mass is 251 g/mol. The van der Waals surface area contributed by atoms with E-state index in [1.165, 1.54) is 51.4 Å². The summed E-state index contributed by atoms with van der Waals surface area (Å²) >= 11 is 0. The molecule has 0 bridgehead atoms. The number of rotatable bonds is 1. The Balaban J connectivity index is 1.66. The van der Waals surface area contributed by atoms with Crippen LogP contribution in [-0.2, 0) is 0 Å². The van der Waals surface area contributed by atoms with Crippen LogP contribution in [0.25, 0.3) is 0 Å². The molecule has 3 rings (SSSR count). The lowest BCUT2D eigenvalue weighted by molar-refractivity contribution is 0.0121. The minimum atomic E-state index is -0.0383. The second-order valence-corrected chi connectivity index (χ2v) is 7.06. The molecule has 6 atom stereocenters. The molecule has 3 fully saturated rings. The summed E-state index contributed by atoms with van der Waals surface area (Å²) in [6.45, 7) is 2.45. The van der Waals surface area contributed by atoms with Crippen LogP contribution in [0.1, 0.15) is 64.7 Å². The molecule has 2 heteroatoms. The highest BCUT2D eigenvalue weighted by Crippen LogP contribution is 2.40. The molecule has 0 aromatic carbocycles. The number of aliphatic hydroxyl groups is 1. The van der Waals surface area contributed by atoms with Gasteiger partial charge in [-0.1, -0.05) is 32.6 Å². The minimum absolute atomic E-state index is 0.0383. The summed E-state index contributed by atoms with van der Waals surface area (Å²) in [5.41, 5.74) is 0. The van der Waals surface area contributed by atoms with Gasteiger partial charge in [0.2, 0.25) is 0 Å². The molecule has 3 aliphatic rings. The quantitative estimate of drug-likeness (QED) is 0.750. The predicted molar refractivity (Wildman–Crippen MR) is 74.4 cm³/mol. The maximum Gasteiger partial charge on any atom is 0.0583 e. The van der Waals surface area contributed by atoms with Gasteiger partial charge in [-0.3, -0.25) is 0 Å². The van der Waals surface area contributed by atoms with Gasteiger partial charge >= 0.3 is 0 Å². The Morgan fingerprint density at radius 2 is 1.50 bits per heavy atom. The summed E-state index contributed by atoms with van der Waals surface area (Å²) in [6.07, 6.45) is 11.7. The summed E-state index contributed by atoms with van der Waals surface area (Å²) in [5.74, 6) is 2.30. The lowest BCUT2D eigenvalue weighted by Gasteiger charge is -2.48. The van der Waals surface area contributed by atoms with Crippen molar-refractivity contribution in [2.75, 3.05) is 0 Å². The largest absolute Gasteiger partial charge is 0.393 e. The zero-order valence-corrected chi connectivity index (χ0v) is 11.8. The second-order valence-electron chi connectivity index (χ2n) is 7.06. The van der Waals surface area contributed by atoms with Gasteiger partial charge in [0.1, 0.15) is 0 Å². The maximum atomic E-state index is 10.3. The Hall–Kier alpha value is -0.0800. The number of piperidine rings is 1. The molecule has 2 saturated carbocycles. The van der Waals surface area contributed by atoms with Crippen LogP contribution >= 0.6 is 0 Å². The van der Waals surface area contributed by atoms with Crippen LogP contribution in [0.5, 0.6) is 0 Å². The van der Waals surface area contributed by atoms with Crippen molar-refractivity contribution in [3.63, 3.8) is 0 Å². The predicted octanol–water partition coefficient (Wildman–Crippen LogP) is 3.09. The molecule has 0 aromatic heterocycles. The SMILES string of the molecule is CC1CC(C2CCCCC2O)NC2CCCCC12. The van der Waals surface area contributed by atoms with Crippen molar-refractivity contribution in [3.05, 3.63) is 0 Å². The van der Waals surface area contributed by atoms with Gasteiger partial charge in [0, 0.05) is 18.0 Å². The molecular formula is C16H29NO. The normalized spacial score (nSPS) is 49.7. The standard InChI is InChI=1S/C16H29NO/c1-11-10-15(13-7-3-5-9-16(13)18)17-14-8-4-2-6-12(11)14/h11-18H,2-10H2,1H3. The van der Waals surface area contributed by atoms with E-state index < -0.39 is 0 Å². The first-order chi connectivity index (χ1) is 8.75. The Morgan fingerprint density at radius 3 is 2.28 bits per heavy atom. The van der Waals surface area contributed by atoms with Gasteiger partial charge in [-0.05, 0) is 43.9 Å². The summed E-state index contributed by atoms with van der Waals surface area (Å²) in [7, 11) is 0. The van der Waals surface area contributed by atoms with Crippen molar-refractivity contribution < 1.29 is 5.11 Å². The third-order valence-electron chi connectivity index (χ3n) is 5.90. The van der Waals surface area contributed by atoms with Crippen molar-refractivity contribution in [2.45, 2.75) is 82.9 Å². The summed E-state index contributed by atoms with van der Waals surface area (Å²) in [5, 5.41) is 14.2. The van der Waals surface area contributed by atoms with E-state index in [2.05, 4.69) is 12.2 Å². The molecule has 2 aliphatic carbocycles. The van der Waals surface area contributed by atoms with E-state index in [-0.39, 0.29) is 6.10 Å². The molecule has 1 saturated heterocycles. The molecule has 0 spiro atoms. The summed E-state index contributed by atoms with van der Waals surface area (Å²) in [4.78, 5) is 0. The molecule has 0 radical (unpaired) electrons. The third-order valence-corrected chi connectivity index (χ3v) is 5.90. The molecule has 18 heavy (non-hydrogen) atoms. The Kier molecular flexibility index (Phi) is 3.95. The molecular weight excluding hydrogens is 222 g/mol. The first-order valence-electron chi connectivity index (χ1n) is 8.20. The van der Waals surface area contributed by atoms with Crippen LogP contribution in [0, 0.1) is 17.8 Å². The highest BCUT2D eigenvalue weighted by molar-refractivity contribution is 4.96. The number of hydrogen-bond donors (Lipinski definition) is 2. The molecule has 0 aromatic rings. The summed E-state index contributed by atoms with van der Waals surface area (Å²) in [6, 6.07) is 1.34. The van der Waals surface area contributed by atoms with Gasteiger partial charge < -0.3 is 10.4 Å². The lowest BCUT2D eigenvalue weighted by Crippen LogP contribution is -2.56. The van der Waals surface area contributed by atoms with Crippen molar-refractivity contribution in [3.8, 4) is 0 Å². The highest BCUT2D eigenvalue weighted by Gasteiger charge is 2.41. The van der Waals surface area contributed by atoms with E-state index in [1.807, 2.05) is 0 Å². The topological polar surface area (TPSA) is 32.3 Å². The Morgan fingerprint density at radius 1 is 0.833 bits per heavy atom. The zero-order valence-electron chi connectivity index (χ0n) is 11.8. The van der Waals surface area contributed by atoms with Gasteiger partial charge in [0.15, 0.2) is 0 Å². The van der Waals surface area contributed by atoms with Crippen LogP contribution in [0.4, 0.5) is 0 Å². The Bertz CT molecular complexity index is 280. The molecule has 1 heterocycles. The van der Waals surface area contributed by atoms with Crippen LogP contribution < -0.4 is 5.32 Å². The first kappa shape index (κ1) is 12.9. The molecule has 104 valence electrons. The average molecular weight is 251 g/mol. The van der Waals surface area contributed by atoms with Crippen LogP contribution in [0.15, 0.2) is 0 Å². The van der Waals surface area contributed by atoms with Crippen molar-refractivity contribution >= 4 is 0 Å². The fraction of sp³-hybridized carbons (Fsp3) is 1.00. The minimum Gasteiger partial charge on any atom is -0.393 e. The smallest absolute Gasteiger partial charge is 0.0583 e. The summed E-state index contributed by atoms with van der Waals surface area (Å²) < 4.78 is 0. The van der Waals surface area contributed by atoms with Gasteiger partial charge in [-0.15, -0.1) is 0 Å².